The van der Waals surface area contributed by atoms with Crippen LogP contribution in [-0.4, -0.2) is 71.6 Å². The van der Waals surface area contributed by atoms with Gasteiger partial charge in [-0.15, -0.1) is 24.0 Å². The van der Waals surface area contributed by atoms with Gasteiger partial charge in [-0.25, -0.2) is 0 Å². The van der Waals surface area contributed by atoms with Gasteiger partial charge in [0.2, 0.25) is 5.91 Å². The van der Waals surface area contributed by atoms with E-state index in [1.165, 1.54) is 6.42 Å². The van der Waals surface area contributed by atoms with Gasteiger partial charge in [0.25, 0.3) is 0 Å². The number of guanidine groups is 1. The smallest absolute Gasteiger partial charge is 0.242 e. The van der Waals surface area contributed by atoms with E-state index >= 15 is 0 Å². The Morgan fingerprint density at radius 2 is 2.00 bits per heavy atom. The number of carbonyl (C=O) groups is 1. The van der Waals surface area contributed by atoms with E-state index in [2.05, 4.69) is 10.3 Å². The highest BCUT2D eigenvalue weighted by Crippen LogP contribution is 2.28. The predicted molar refractivity (Wildman–Crippen MR) is 101 cm³/mol. The summed E-state index contributed by atoms with van der Waals surface area (Å²) in [5.74, 6) is 0.941. The summed E-state index contributed by atoms with van der Waals surface area (Å²) < 4.78 is 0. The quantitative estimate of drug-likeness (QED) is 0.396. The van der Waals surface area contributed by atoms with Crippen LogP contribution in [0.15, 0.2) is 4.99 Å². The molecule has 7 heteroatoms. The fraction of sp³-hybridized carbons (Fsp3) is 0.875. The van der Waals surface area contributed by atoms with E-state index < -0.39 is 5.60 Å². The Morgan fingerprint density at radius 1 is 1.30 bits per heavy atom. The summed E-state index contributed by atoms with van der Waals surface area (Å²) in [5, 5.41) is 13.9. The van der Waals surface area contributed by atoms with Crippen LogP contribution in [0.3, 0.4) is 0 Å². The zero-order valence-electron chi connectivity index (χ0n) is 14.0. The second kappa shape index (κ2) is 8.00. The van der Waals surface area contributed by atoms with Crippen LogP contribution in [0.25, 0.3) is 0 Å². The van der Waals surface area contributed by atoms with Crippen LogP contribution in [0, 0.1) is 0 Å². The number of aliphatic hydroxyl groups is 1. The third kappa shape index (κ3) is 4.71. The lowest BCUT2D eigenvalue weighted by molar-refractivity contribution is -0.135. The van der Waals surface area contributed by atoms with Crippen LogP contribution in [0.4, 0.5) is 0 Å². The zero-order valence-corrected chi connectivity index (χ0v) is 16.3. The number of carbonyl (C=O) groups excluding carboxylic acids is 1. The summed E-state index contributed by atoms with van der Waals surface area (Å²) in [5.41, 5.74) is -0.617. The standard InChI is InChI=1S/C16H28N4O2.HI/c1-17-15(18-12-16(22)7-3-2-4-8-16)19-9-10-20(13-5-6-13)14(21)11-19;/h13,22H,2-12H2,1H3,(H,17,18);1H. The van der Waals surface area contributed by atoms with Gasteiger partial charge in [-0.2, -0.15) is 0 Å². The maximum atomic E-state index is 12.2. The summed E-state index contributed by atoms with van der Waals surface area (Å²) in [6.07, 6.45) is 7.42. The van der Waals surface area contributed by atoms with Gasteiger partial charge < -0.3 is 20.2 Å². The average Bonchev–Trinajstić information content (AvgIpc) is 3.33. The molecule has 0 atom stereocenters. The van der Waals surface area contributed by atoms with E-state index in [9.17, 15) is 9.90 Å². The highest BCUT2D eigenvalue weighted by molar-refractivity contribution is 14.0. The largest absolute Gasteiger partial charge is 0.388 e. The Labute approximate surface area is 155 Å². The fourth-order valence-electron chi connectivity index (χ4n) is 3.60. The summed E-state index contributed by atoms with van der Waals surface area (Å²) in [4.78, 5) is 20.5. The van der Waals surface area contributed by atoms with Crippen molar-refractivity contribution < 1.29 is 9.90 Å². The molecule has 23 heavy (non-hydrogen) atoms. The van der Waals surface area contributed by atoms with Crippen LogP contribution < -0.4 is 5.32 Å². The first kappa shape index (κ1) is 18.8. The Balaban J connectivity index is 0.00000192. The van der Waals surface area contributed by atoms with Crippen LogP contribution in [-0.2, 0) is 4.79 Å². The molecule has 0 bridgehead atoms. The van der Waals surface area contributed by atoms with Gasteiger partial charge in [0.15, 0.2) is 5.96 Å². The fourth-order valence-corrected chi connectivity index (χ4v) is 3.60. The molecule has 6 nitrogen and oxygen atoms in total. The molecule has 0 aromatic heterocycles. The lowest BCUT2D eigenvalue weighted by atomic mass is 9.85. The number of hydrogen-bond acceptors (Lipinski definition) is 3. The number of amides is 1. The molecule has 0 unspecified atom stereocenters. The molecule has 3 fully saturated rings. The van der Waals surface area contributed by atoms with E-state index in [-0.39, 0.29) is 29.9 Å². The third-order valence-electron chi connectivity index (χ3n) is 5.12. The molecule has 1 aliphatic heterocycles. The van der Waals surface area contributed by atoms with E-state index in [1.54, 1.807) is 7.05 Å². The van der Waals surface area contributed by atoms with E-state index in [1.807, 2.05) is 9.80 Å². The summed E-state index contributed by atoms with van der Waals surface area (Å²) in [6, 6.07) is 0.493. The van der Waals surface area contributed by atoms with Crippen LogP contribution >= 0.6 is 24.0 Å². The minimum atomic E-state index is -0.617. The molecule has 1 amide bonds. The summed E-state index contributed by atoms with van der Waals surface area (Å²) in [7, 11) is 1.74. The molecular weight excluding hydrogens is 407 g/mol. The van der Waals surface area contributed by atoms with Gasteiger partial charge in [-0.05, 0) is 25.7 Å². The molecule has 0 aromatic carbocycles. The molecule has 3 rings (SSSR count). The van der Waals surface area contributed by atoms with Gasteiger partial charge in [0.05, 0.1) is 12.1 Å². The number of hydrogen-bond donors (Lipinski definition) is 2. The van der Waals surface area contributed by atoms with Crippen molar-refractivity contribution in [3.05, 3.63) is 0 Å². The first-order valence-corrected chi connectivity index (χ1v) is 8.59. The minimum Gasteiger partial charge on any atom is -0.388 e. The lowest BCUT2D eigenvalue weighted by Gasteiger charge is -2.38. The van der Waals surface area contributed by atoms with Crippen molar-refractivity contribution in [2.75, 3.05) is 33.2 Å². The van der Waals surface area contributed by atoms with Crippen LogP contribution in [0.5, 0.6) is 0 Å². The Morgan fingerprint density at radius 3 is 2.57 bits per heavy atom. The van der Waals surface area contributed by atoms with Crippen molar-refractivity contribution >= 4 is 35.8 Å². The molecule has 1 saturated heterocycles. The number of aliphatic imine (C=N–C) groups is 1. The average molecular weight is 436 g/mol. The van der Waals surface area contributed by atoms with E-state index in [4.69, 9.17) is 0 Å². The minimum absolute atomic E-state index is 0. The second-order valence-electron chi connectivity index (χ2n) is 6.93. The molecule has 0 radical (unpaired) electrons. The van der Waals surface area contributed by atoms with Crippen molar-refractivity contribution in [3.8, 4) is 0 Å². The highest BCUT2D eigenvalue weighted by atomic mass is 127. The second-order valence-corrected chi connectivity index (χ2v) is 6.93. The zero-order chi connectivity index (χ0) is 15.6. The molecule has 2 aliphatic carbocycles. The topological polar surface area (TPSA) is 68.2 Å². The molecule has 2 N–H and O–H groups in total. The van der Waals surface area contributed by atoms with Gasteiger partial charge >= 0.3 is 0 Å². The van der Waals surface area contributed by atoms with Crippen molar-refractivity contribution in [1.29, 1.82) is 0 Å². The van der Waals surface area contributed by atoms with Crippen molar-refractivity contribution in [2.24, 2.45) is 4.99 Å². The lowest BCUT2D eigenvalue weighted by Crippen LogP contribution is -2.57. The molecule has 1 heterocycles. The normalized spacial score (nSPS) is 25.1. The van der Waals surface area contributed by atoms with Crippen LogP contribution in [0.2, 0.25) is 0 Å². The summed E-state index contributed by atoms with van der Waals surface area (Å²) >= 11 is 0. The Kier molecular flexibility index (Phi) is 6.53. The number of nitrogens with one attached hydrogen (secondary N) is 1. The predicted octanol–water partition coefficient (Wildman–Crippen LogP) is 1.18. The van der Waals surface area contributed by atoms with Crippen molar-refractivity contribution in [3.63, 3.8) is 0 Å². The number of nitrogens with zero attached hydrogens (tertiary/aromatic N) is 3. The Hall–Kier alpha value is -0.570. The monoisotopic (exact) mass is 436 g/mol. The molecule has 132 valence electrons. The number of piperazine rings is 1. The van der Waals surface area contributed by atoms with Gasteiger partial charge in [0, 0.05) is 32.7 Å². The van der Waals surface area contributed by atoms with E-state index in [0.29, 0.717) is 19.1 Å². The van der Waals surface area contributed by atoms with Gasteiger partial charge in [-0.1, -0.05) is 19.3 Å². The first-order chi connectivity index (χ1) is 10.6. The molecule has 3 aliphatic rings. The van der Waals surface area contributed by atoms with Crippen molar-refractivity contribution in [1.82, 2.24) is 15.1 Å². The molecular formula is C16H29IN4O2. The maximum Gasteiger partial charge on any atom is 0.242 e. The maximum absolute atomic E-state index is 12.2. The molecule has 2 saturated carbocycles. The third-order valence-corrected chi connectivity index (χ3v) is 5.12. The number of rotatable bonds is 3. The van der Waals surface area contributed by atoms with E-state index in [0.717, 1.165) is 57.6 Å². The molecule has 0 aromatic rings. The van der Waals surface area contributed by atoms with Crippen LogP contribution in [0.1, 0.15) is 44.9 Å². The SMILES string of the molecule is CN=C(NCC1(O)CCCCC1)N1CCN(C2CC2)C(=O)C1.I. The van der Waals surface area contributed by atoms with Crippen molar-refractivity contribution in [2.45, 2.75) is 56.6 Å². The van der Waals surface area contributed by atoms with Gasteiger partial charge in [0.1, 0.15) is 0 Å². The first-order valence-electron chi connectivity index (χ1n) is 8.59. The highest BCUT2D eigenvalue weighted by Gasteiger charge is 2.37. The Bertz CT molecular complexity index is 447. The van der Waals surface area contributed by atoms with Gasteiger partial charge in [-0.3, -0.25) is 9.79 Å². The molecule has 0 spiro atoms. The summed E-state index contributed by atoms with van der Waals surface area (Å²) in [6.45, 7) is 2.53. The number of halogens is 1.